The quantitative estimate of drug-likeness (QED) is 0.456. The molecule has 1 aromatic carbocycles. The number of aromatic nitrogens is 2. The Bertz CT molecular complexity index is 1060. The normalized spacial score (nSPS) is 15.9. The molecule has 0 amide bonds. The molecule has 0 radical (unpaired) electrons. The fourth-order valence-electron chi connectivity index (χ4n) is 3.43. The number of ketones is 1. The van der Waals surface area contributed by atoms with Gasteiger partial charge in [0.15, 0.2) is 5.01 Å². The van der Waals surface area contributed by atoms with Gasteiger partial charge in [0.25, 0.3) is 0 Å². The van der Waals surface area contributed by atoms with Gasteiger partial charge in [0, 0.05) is 35.6 Å². The number of benzene rings is 1. The minimum atomic E-state index is -0.506. The van der Waals surface area contributed by atoms with Crippen molar-refractivity contribution in [2.45, 2.75) is 19.4 Å². The summed E-state index contributed by atoms with van der Waals surface area (Å²) >= 11 is 1.21. The molecule has 1 fully saturated rings. The number of morpholine rings is 1. The molecule has 0 unspecified atom stereocenters. The lowest BCUT2D eigenvalue weighted by Gasteiger charge is -2.26. The van der Waals surface area contributed by atoms with Crippen molar-refractivity contribution in [2.24, 2.45) is 0 Å². The highest BCUT2D eigenvalue weighted by Gasteiger charge is 2.24. The molecule has 1 aliphatic heterocycles. The predicted molar refractivity (Wildman–Crippen MR) is 110 cm³/mol. The fourth-order valence-corrected chi connectivity index (χ4v) is 4.24. The van der Waals surface area contributed by atoms with E-state index in [1.165, 1.54) is 23.5 Å². The van der Waals surface area contributed by atoms with Crippen LogP contribution in [0.4, 0.5) is 4.39 Å². The second kappa shape index (κ2) is 9.03. The number of halogens is 1. The first-order valence-electron chi connectivity index (χ1n) is 9.81. The smallest absolute Gasteiger partial charge is 0.320 e. The second-order valence-electron chi connectivity index (χ2n) is 7.07. The van der Waals surface area contributed by atoms with Crippen molar-refractivity contribution in [3.05, 3.63) is 51.9 Å². The molecule has 1 aliphatic rings. The van der Waals surface area contributed by atoms with E-state index in [0.29, 0.717) is 59.9 Å². The first-order valence-corrected chi connectivity index (χ1v) is 10.7. The number of carbonyl (C=O) groups is 2. The molecule has 1 atom stereocenters. The molecule has 0 bridgehead atoms. The summed E-state index contributed by atoms with van der Waals surface area (Å²) in [6, 6.07) is 4.24. The Labute approximate surface area is 176 Å². The molecule has 4 rings (SSSR count). The number of hydrogen-bond donors (Lipinski definition) is 1. The van der Waals surface area contributed by atoms with Crippen LogP contribution in [0, 0.1) is 5.82 Å². The minimum absolute atomic E-state index is 0.210. The molecular weight excluding hydrogens is 409 g/mol. The summed E-state index contributed by atoms with van der Waals surface area (Å²) in [5.41, 5.74) is 1.55. The van der Waals surface area contributed by atoms with E-state index < -0.39 is 6.10 Å². The zero-order valence-electron chi connectivity index (χ0n) is 16.5. The van der Waals surface area contributed by atoms with E-state index in [1.54, 1.807) is 17.6 Å². The molecule has 3 aromatic rings. The number of carbonyl (C=O) groups excluding carboxylic acids is 2. The summed E-state index contributed by atoms with van der Waals surface area (Å²) in [4.78, 5) is 34.6. The van der Waals surface area contributed by atoms with Gasteiger partial charge in [-0.3, -0.25) is 14.5 Å². The summed E-state index contributed by atoms with van der Waals surface area (Å²) in [5.74, 6) is -0.938. The Balaban J connectivity index is 1.46. The highest BCUT2D eigenvalue weighted by Crippen LogP contribution is 2.27. The van der Waals surface area contributed by atoms with Crippen LogP contribution in [0.5, 0.6) is 0 Å². The molecule has 3 heterocycles. The van der Waals surface area contributed by atoms with Gasteiger partial charge in [0.05, 0.1) is 31.0 Å². The number of rotatable bonds is 7. The first-order chi connectivity index (χ1) is 14.5. The molecule has 158 valence electrons. The van der Waals surface area contributed by atoms with Crippen LogP contribution in [0.25, 0.3) is 10.9 Å². The number of H-pyrrole nitrogens is 1. The summed E-state index contributed by atoms with van der Waals surface area (Å²) in [6.07, 6.45) is 1.61. The Morgan fingerprint density at radius 3 is 2.93 bits per heavy atom. The Morgan fingerprint density at radius 1 is 1.37 bits per heavy atom. The summed E-state index contributed by atoms with van der Waals surface area (Å²) in [7, 11) is 0. The van der Waals surface area contributed by atoms with Gasteiger partial charge in [-0.2, -0.15) is 0 Å². The van der Waals surface area contributed by atoms with Crippen molar-refractivity contribution in [3.63, 3.8) is 0 Å². The minimum Gasteiger partial charge on any atom is -0.455 e. The van der Waals surface area contributed by atoms with Gasteiger partial charge < -0.3 is 14.5 Å². The third kappa shape index (κ3) is 4.43. The lowest BCUT2D eigenvalue weighted by Crippen LogP contribution is -2.40. The van der Waals surface area contributed by atoms with Crippen LogP contribution in [0.2, 0.25) is 0 Å². The van der Waals surface area contributed by atoms with Gasteiger partial charge in [-0.1, -0.05) is 6.92 Å². The van der Waals surface area contributed by atoms with E-state index in [-0.39, 0.29) is 24.1 Å². The van der Waals surface area contributed by atoms with Crippen molar-refractivity contribution in [1.82, 2.24) is 14.9 Å². The van der Waals surface area contributed by atoms with Crippen molar-refractivity contribution in [2.75, 3.05) is 32.8 Å². The van der Waals surface area contributed by atoms with Crippen LogP contribution in [-0.2, 0) is 14.3 Å². The van der Waals surface area contributed by atoms with Gasteiger partial charge >= 0.3 is 5.97 Å². The number of esters is 1. The topological polar surface area (TPSA) is 84.5 Å². The molecule has 0 spiro atoms. The van der Waals surface area contributed by atoms with Crippen LogP contribution < -0.4 is 0 Å². The maximum atomic E-state index is 13.4. The van der Waals surface area contributed by atoms with Crippen LogP contribution in [0.3, 0.4) is 0 Å². The number of nitrogens with one attached hydrogen (secondary N) is 1. The van der Waals surface area contributed by atoms with Crippen molar-refractivity contribution >= 4 is 34.0 Å². The maximum absolute atomic E-state index is 13.4. The zero-order chi connectivity index (χ0) is 21.1. The molecule has 0 saturated carbocycles. The van der Waals surface area contributed by atoms with E-state index in [1.807, 2.05) is 11.8 Å². The maximum Gasteiger partial charge on any atom is 0.320 e. The lowest BCUT2D eigenvalue weighted by atomic mass is 10.1. The summed E-state index contributed by atoms with van der Waals surface area (Å²) in [6.45, 7) is 4.75. The number of fused-ring (bicyclic) bond motifs is 1. The van der Waals surface area contributed by atoms with Crippen LogP contribution in [0.15, 0.2) is 29.8 Å². The molecular formula is C21H22FN3O4S. The Kier molecular flexibility index (Phi) is 6.21. The third-order valence-electron chi connectivity index (χ3n) is 5.04. The van der Waals surface area contributed by atoms with Crippen molar-refractivity contribution < 1.29 is 23.5 Å². The average molecular weight is 431 g/mol. The van der Waals surface area contributed by atoms with Gasteiger partial charge in [0.1, 0.15) is 11.9 Å². The largest absolute Gasteiger partial charge is 0.455 e. The number of nitrogens with zero attached hydrogens (tertiary/aromatic N) is 2. The van der Waals surface area contributed by atoms with Gasteiger partial charge in [-0.05, 0) is 24.6 Å². The zero-order valence-corrected chi connectivity index (χ0v) is 17.3. The van der Waals surface area contributed by atoms with Gasteiger partial charge in [0.2, 0.25) is 5.78 Å². The van der Waals surface area contributed by atoms with Crippen LogP contribution in [0.1, 0.15) is 40.5 Å². The molecule has 1 N–H and O–H groups in total. The standard InChI is InChI=1S/C21H22FN3O4S/c1-2-18(29-19(26)11-25-5-7-28-8-6-25)17-12-30-21(24-17)20(27)15-10-23-16-9-13(22)3-4-14(15)16/h3-4,9-10,12,18,23H,2,5-8,11H2,1H3/t18-/m0/s1. The average Bonchev–Trinajstić information content (AvgIpc) is 3.39. The van der Waals surface area contributed by atoms with Crippen molar-refractivity contribution in [3.8, 4) is 0 Å². The van der Waals surface area contributed by atoms with E-state index in [9.17, 15) is 14.0 Å². The number of aromatic amines is 1. The fraction of sp³-hybridized carbons (Fsp3) is 0.381. The number of thiazole rings is 1. The third-order valence-corrected chi connectivity index (χ3v) is 5.89. The Morgan fingerprint density at radius 2 is 2.17 bits per heavy atom. The Hall–Kier alpha value is -2.62. The molecule has 1 saturated heterocycles. The second-order valence-corrected chi connectivity index (χ2v) is 7.93. The molecule has 2 aromatic heterocycles. The van der Waals surface area contributed by atoms with Crippen LogP contribution in [-0.4, -0.2) is 59.5 Å². The molecule has 7 nitrogen and oxygen atoms in total. The highest BCUT2D eigenvalue weighted by atomic mass is 32.1. The van der Waals surface area contributed by atoms with E-state index in [0.717, 1.165) is 0 Å². The lowest BCUT2D eigenvalue weighted by molar-refractivity contribution is -0.152. The highest BCUT2D eigenvalue weighted by molar-refractivity contribution is 7.12. The SMILES string of the molecule is CC[C@H](OC(=O)CN1CCOCC1)c1csc(C(=O)c2c[nH]c3cc(F)ccc23)n1. The van der Waals surface area contributed by atoms with Crippen LogP contribution >= 0.6 is 11.3 Å². The summed E-state index contributed by atoms with van der Waals surface area (Å²) < 4.78 is 24.3. The monoisotopic (exact) mass is 431 g/mol. The number of hydrogen-bond acceptors (Lipinski definition) is 7. The molecule has 30 heavy (non-hydrogen) atoms. The molecule has 9 heteroatoms. The van der Waals surface area contributed by atoms with E-state index in [4.69, 9.17) is 9.47 Å². The van der Waals surface area contributed by atoms with Gasteiger partial charge in [-0.15, -0.1) is 11.3 Å². The van der Waals surface area contributed by atoms with E-state index in [2.05, 4.69) is 9.97 Å². The van der Waals surface area contributed by atoms with Gasteiger partial charge in [-0.25, -0.2) is 9.37 Å². The molecule has 0 aliphatic carbocycles. The van der Waals surface area contributed by atoms with E-state index >= 15 is 0 Å². The summed E-state index contributed by atoms with van der Waals surface area (Å²) in [5, 5.41) is 2.69. The predicted octanol–water partition coefficient (Wildman–Crippen LogP) is 3.32. The first kappa shape index (κ1) is 20.6. The number of ether oxygens (including phenoxy) is 2. The van der Waals surface area contributed by atoms with Crippen molar-refractivity contribution in [1.29, 1.82) is 0 Å².